The number of benzene rings is 2. The molecule has 6 nitrogen and oxygen atoms in total. The molecular formula is C21H20F2N2O4. The second kappa shape index (κ2) is 8.06. The fourth-order valence-electron chi connectivity index (χ4n) is 3.35. The highest BCUT2D eigenvalue weighted by Crippen LogP contribution is 2.33. The summed E-state index contributed by atoms with van der Waals surface area (Å²) in [5.74, 6) is -0.132. The molecule has 0 saturated carbocycles. The first-order valence-corrected chi connectivity index (χ1v) is 9.38. The van der Waals surface area contributed by atoms with Crippen molar-refractivity contribution in [3.05, 3.63) is 59.2 Å². The van der Waals surface area contributed by atoms with Crippen LogP contribution in [-0.2, 0) is 16.2 Å². The number of oxime groups is 1. The lowest BCUT2D eigenvalue weighted by Gasteiger charge is -2.24. The van der Waals surface area contributed by atoms with Crippen molar-refractivity contribution in [1.29, 1.82) is 0 Å². The highest BCUT2D eigenvalue weighted by Gasteiger charge is 2.28. The minimum atomic E-state index is -0.677. The molecule has 4 rings (SSSR count). The molecule has 0 radical (unpaired) electrons. The molecular weight excluding hydrogens is 382 g/mol. The van der Waals surface area contributed by atoms with Crippen LogP contribution < -0.4 is 9.47 Å². The van der Waals surface area contributed by atoms with Crippen LogP contribution in [0.1, 0.15) is 30.9 Å². The van der Waals surface area contributed by atoms with Crippen LogP contribution in [0.2, 0.25) is 0 Å². The van der Waals surface area contributed by atoms with Gasteiger partial charge in [-0.05, 0) is 24.3 Å². The van der Waals surface area contributed by atoms with Crippen LogP contribution >= 0.6 is 0 Å². The number of hydrogen-bond acceptors (Lipinski definition) is 5. The lowest BCUT2D eigenvalue weighted by molar-refractivity contribution is -0.133. The number of hydrogen-bond donors (Lipinski definition) is 0. The van der Waals surface area contributed by atoms with Crippen LogP contribution in [0.25, 0.3) is 0 Å². The van der Waals surface area contributed by atoms with Crippen LogP contribution in [0.3, 0.4) is 0 Å². The average Bonchev–Trinajstić information content (AvgIpc) is 3.37. The second-order valence-electron chi connectivity index (χ2n) is 6.90. The molecule has 0 N–H and O–H groups in total. The molecule has 29 heavy (non-hydrogen) atoms. The van der Waals surface area contributed by atoms with E-state index in [1.165, 1.54) is 17.0 Å². The molecule has 2 aliphatic rings. The number of nitrogens with zero attached hydrogens (tertiary/aromatic N) is 2. The number of carbonyl (C=O) groups is 1. The lowest BCUT2D eigenvalue weighted by Crippen LogP contribution is -2.37. The fraction of sp³-hybridized carbons (Fsp3) is 0.333. The average molecular weight is 402 g/mol. The molecule has 2 aromatic carbocycles. The van der Waals surface area contributed by atoms with Gasteiger partial charge in [0.25, 0.3) is 0 Å². The Morgan fingerprint density at radius 3 is 2.79 bits per heavy atom. The smallest absolute Gasteiger partial charge is 0.231 e. The van der Waals surface area contributed by atoms with Crippen molar-refractivity contribution in [2.75, 3.05) is 13.3 Å². The fourth-order valence-corrected chi connectivity index (χ4v) is 3.35. The quantitative estimate of drug-likeness (QED) is 0.741. The van der Waals surface area contributed by atoms with Crippen molar-refractivity contribution in [2.24, 2.45) is 5.16 Å². The Hall–Kier alpha value is -3.16. The van der Waals surface area contributed by atoms with Crippen LogP contribution in [0.15, 0.2) is 41.6 Å². The van der Waals surface area contributed by atoms with Gasteiger partial charge in [-0.25, -0.2) is 8.78 Å². The topological polar surface area (TPSA) is 60.4 Å². The van der Waals surface area contributed by atoms with E-state index in [2.05, 4.69) is 5.16 Å². The maximum atomic E-state index is 14.0. The van der Waals surface area contributed by atoms with E-state index in [0.29, 0.717) is 17.9 Å². The van der Waals surface area contributed by atoms with E-state index in [9.17, 15) is 13.6 Å². The molecule has 0 spiro atoms. The summed E-state index contributed by atoms with van der Waals surface area (Å²) in [4.78, 5) is 19.4. The molecule has 2 heterocycles. The summed E-state index contributed by atoms with van der Waals surface area (Å²) in [7, 11) is 0. The zero-order valence-electron chi connectivity index (χ0n) is 15.9. The number of carbonyl (C=O) groups excluding carboxylic acids is 1. The zero-order valence-corrected chi connectivity index (χ0v) is 15.9. The summed E-state index contributed by atoms with van der Waals surface area (Å²) in [5.41, 5.74) is 1.85. The molecule has 0 fully saturated rings. The third-order valence-corrected chi connectivity index (χ3v) is 4.89. The van der Waals surface area contributed by atoms with E-state index in [-0.39, 0.29) is 43.9 Å². The number of ether oxygens (including phenoxy) is 2. The van der Waals surface area contributed by atoms with Gasteiger partial charge in [0.15, 0.2) is 17.6 Å². The van der Waals surface area contributed by atoms with E-state index in [1.54, 1.807) is 6.92 Å². The van der Waals surface area contributed by atoms with Gasteiger partial charge in [-0.2, -0.15) is 0 Å². The Morgan fingerprint density at radius 1 is 1.17 bits per heavy atom. The van der Waals surface area contributed by atoms with Gasteiger partial charge in [0, 0.05) is 36.6 Å². The molecule has 0 unspecified atom stereocenters. The van der Waals surface area contributed by atoms with E-state index in [1.807, 2.05) is 18.2 Å². The van der Waals surface area contributed by atoms with E-state index in [4.69, 9.17) is 14.3 Å². The van der Waals surface area contributed by atoms with Gasteiger partial charge in [0.05, 0.1) is 12.3 Å². The van der Waals surface area contributed by atoms with E-state index < -0.39 is 11.6 Å². The minimum absolute atomic E-state index is 0.0397. The van der Waals surface area contributed by atoms with Gasteiger partial charge in [-0.1, -0.05) is 18.1 Å². The minimum Gasteiger partial charge on any atom is -0.454 e. The Balaban J connectivity index is 1.43. The summed E-state index contributed by atoms with van der Waals surface area (Å²) in [6, 6.07) is 8.88. The third-order valence-electron chi connectivity index (χ3n) is 4.89. The first kappa shape index (κ1) is 19.2. The lowest BCUT2D eigenvalue weighted by atomic mass is 10.0. The highest BCUT2D eigenvalue weighted by molar-refractivity contribution is 6.01. The van der Waals surface area contributed by atoms with E-state index >= 15 is 0 Å². The van der Waals surface area contributed by atoms with Gasteiger partial charge in [0.2, 0.25) is 12.7 Å². The third kappa shape index (κ3) is 4.16. The molecule has 1 atom stereocenters. The van der Waals surface area contributed by atoms with Crippen LogP contribution in [0, 0.1) is 11.6 Å². The summed E-state index contributed by atoms with van der Waals surface area (Å²) in [5, 5.41) is 4.15. The number of halogens is 2. The van der Waals surface area contributed by atoms with Crippen molar-refractivity contribution >= 4 is 11.6 Å². The van der Waals surface area contributed by atoms with Crippen molar-refractivity contribution in [2.45, 2.75) is 32.4 Å². The number of fused-ring (bicyclic) bond motifs is 1. The van der Waals surface area contributed by atoms with Gasteiger partial charge < -0.3 is 19.2 Å². The summed E-state index contributed by atoms with van der Waals surface area (Å²) < 4.78 is 37.9. The van der Waals surface area contributed by atoms with Crippen molar-refractivity contribution < 1.29 is 27.9 Å². The molecule has 2 aliphatic heterocycles. The molecule has 152 valence electrons. The summed E-state index contributed by atoms with van der Waals surface area (Å²) >= 11 is 0. The molecule has 1 amide bonds. The molecule has 0 aliphatic carbocycles. The van der Waals surface area contributed by atoms with E-state index in [0.717, 1.165) is 17.3 Å². The molecule has 0 aromatic heterocycles. The molecule has 8 heteroatoms. The SMILES string of the molecule is CCC(=O)N(Cc1ccc(F)cc1F)C[C@H]1CC(c2ccc3c(c2)OCO3)=NO1. The maximum Gasteiger partial charge on any atom is 0.231 e. The molecule has 0 saturated heterocycles. The molecule has 0 bridgehead atoms. The van der Waals surface area contributed by atoms with Crippen LogP contribution in [-0.4, -0.2) is 36.0 Å². The predicted molar refractivity (Wildman–Crippen MR) is 101 cm³/mol. The standard InChI is InChI=1S/C21H20F2N2O4/c1-2-21(26)25(10-14-3-5-15(22)8-17(14)23)11-16-9-18(24-29-16)13-4-6-19-20(7-13)28-12-27-19/h3-8,16H,2,9-12H2,1H3/t16-/m1/s1. The first-order chi connectivity index (χ1) is 14.0. The van der Waals surface area contributed by atoms with Gasteiger partial charge in [0.1, 0.15) is 11.6 Å². The van der Waals surface area contributed by atoms with Crippen molar-refractivity contribution in [3.8, 4) is 11.5 Å². The summed E-state index contributed by atoms with van der Waals surface area (Å²) in [6.07, 6.45) is 0.416. The van der Waals surface area contributed by atoms with Crippen molar-refractivity contribution in [1.82, 2.24) is 4.90 Å². The maximum absolute atomic E-state index is 14.0. The monoisotopic (exact) mass is 402 g/mol. The first-order valence-electron chi connectivity index (χ1n) is 9.38. The summed E-state index contributed by atoms with van der Waals surface area (Å²) in [6.45, 7) is 2.22. The number of rotatable bonds is 6. The predicted octanol–water partition coefficient (Wildman–Crippen LogP) is 3.63. The normalized spacial score (nSPS) is 17.1. The molecule has 2 aromatic rings. The Morgan fingerprint density at radius 2 is 2.00 bits per heavy atom. The van der Waals surface area contributed by atoms with Gasteiger partial charge in [-0.15, -0.1) is 0 Å². The van der Waals surface area contributed by atoms with Crippen LogP contribution in [0.5, 0.6) is 11.5 Å². The van der Waals surface area contributed by atoms with Gasteiger partial charge in [-0.3, -0.25) is 4.79 Å². The van der Waals surface area contributed by atoms with Gasteiger partial charge >= 0.3 is 0 Å². The zero-order chi connectivity index (χ0) is 20.4. The number of amides is 1. The Bertz CT molecular complexity index is 964. The highest BCUT2D eigenvalue weighted by atomic mass is 19.1. The Labute approximate surface area is 166 Å². The van der Waals surface area contributed by atoms with Crippen LogP contribution in [0.4, 0.5) is 8.78 Å². The largest absolute Gasteiger partial charge is 0.454 e. The second-order valence-corrected chi connectivity index (χ2v) is 6.90. The van der Waals surface area contributed by atoms with Crippen molar-refractivity contribution in [3.63, 3.8) is 0 Å². The Kier molecular flexibility index (Phi) is 5.33.